The van der Waals surface area contributed by atoms with Crippen LogP contribution in [0.2, 0.25) is 0 Å². The van der Waals surface area contributed by atoms with Crippen LogP contribution in [-0.2, 0) is 0 Å². The average Bonchev–Trinajstić information content (AvgIpc) is 2.97. The summed E-state index contributed by atoms with van der Waals surface area (Å²) in [6.45, 7) is 0. The molecule has 0 bridgehead atoms. The van der Waals surface area contributed by atoms with Gasteiger partial charge in [0.2, 0.25) is 0 Å². The lowest BCUT2D eigenvalue weighted by atomic mass is 9.93. The monoisotopic (exact) mass is 254 g/mol. The molecule has 1 heterocycles. The van der Waals surface area contributed by atoms with Gasteiger partial charge < -0.3 is 5.73 Å². The van der Waals surface area contributed by atoms with Crippen LogP contribution in [0.4, 0.5) is 0 Å². The Hall–Kier alpha value is -1.41. The lowest BCUT2D eigenvalue weighted by Crippen LogP contribution is -2.12. The molecule has 0 aliphatic heterocycles. The zero-order chi connectivity index (χ0) is 13.1. The molecule has 0 amide bonds. The molecule has 0 spiro atoms. The molecule has 1 aliphatic rings. The van der Waals surface area contributed by atoms with Crippen LogP contribution in [0.5, 0.6) is 0 Å². The molecule has 1 aliphatic carbocycles. The Morgan fingerprint density at radius 1 is 1.21 bits per heavy atom. The Bertz CT molecular complexity index is 538. The number of nitrogens with zero attached hydrogens (tertiary/aromatic N) is 1. The summed E-state index contributed by atoms with van der Waals surface area (Å²) in [5, 5.41) is 2.45. The van der Waals surface area contributed by atoms with Crippen molar-refractivity contribution in [3.05, 3.63) is 42.2 Å². The van der Waals surface area contributed by atoms with Crippen molar-refractivity contribution in [1.29, 1.82) is 0 Å². The fourth-order valence-corrected chi connectivity index (χ4v) is 3.34. The van der Waals surface area contributed by atoms with Crippen molar-refractivity contribution < 1.29 is 0 Å². The molecule has 100 valence electrons. The Balaban J connectivity index is 1.75. The fourth-order valence-electron chi connectivity index (χ4n) is 3.34. The van der Waals surface area contributed by atoms with Gasteiger partial charge in [-0.05, 0) is 35.8 Å². The molecular weight excluding hydrogens is 232 g/mol. The number of hydrogen-bond acceptors (Lipinski definition) is 2. The van der Waals surface area contributed by atoms with E-state index < -0.39 is 0 Å². The number of nitrogens with two attached hydrogens (primary N) is 1. The number of fused-ring (bicyclic) bond motifs is 1. The molecule has 2 aromatic rings. The molecule has 2 N–H and O–H groups in total. The topological polar surface area (TPSA) is 38.9 Å². The maximum Gasteiger partial charge on any atom is 0.0346 e. The second-order valence-electron chi connectivity index (χ2n) is 5.78. The van der Waals surface area contributed by atoms with Crippen molar-refractivity contribution in [3.63, 3.8) is 0 Å². The van der Waals surface area contributed by atoms with Gasteiger partial charge in [-0.3, -0.25) is 4.98 Å². The predicted molar refractivity (Wildman–Crippen MR) is 79.9 cm³/mol. The standard InChI is InChI=1S/C17H22N2/c18-17(9-8-13-4-1-2-5-13)16-7-3-6-14-12-19-11-10-15(14)16/h3,6-7,10-13,17H,1-2,4-5,8-9,18H2. The molecule has 1 atom stereocenters. The average molecular weight is 254 g/mol. The van der Waals surface area contributed by atoms with E-state index in [-0.39, 0.29) is 6.04 Å². The largest absolute Gasteiger partial charge is 0.324 e. The van der Waals surface area contributed by atoms with E-state index in [1.807, 2.05) is 12.4 Å². The summed E-state index contributed by atoms with van der Waals surface area (Å²) in [5.41, 5.74) is 7.69. The molecule has 3 rings (SSSR count). The number of rotatable bonds is 4. The van der Waals surface area contributed by atoms with Crippen LogP contribution in [-0.4, -0.2) is 4.98 Å². The SMILES string of the molecule is NC(CCC1CCCC1)c1cccc2cnccc12. The molecule has 2 nitrogen and oxygen atoms in total. The van der Waals surface area contributed by atoms with E-state index in [9.17, 15) is 0 Å². The Kier molecular flexibility index (Phi) is 3.79. The number of aromatic nitrogens is 1. The first-order valence-corrected chi connectivity index (χ1v) is 7.43. The minimum absolute atomic E-state index is 0.159. The van der Waals surface area contributed by atoms with Crippen molar-refractivity contribution in [2.24, 2.45) is 11.7 Å². The van der Waals surface area contributed by atoms with Crippen molar-refractivity contribution in [2.45, 2.75) is 44.6 Å². The predicted octanol–water partition coefficient (Wildman–Crippen LogP) is 4.21. The van der Waals surface area contributed by atoms with Crippen molar-refractivity contribution in [2.75, 3.05) is 0 Å². The van der Waals surface area contributed by atoms with Crippen molar-refractivity contribution in [1.82, 2.24) is 4.98 Å². The Labute approximate surface area is 115 Å². The van der Waals surface area contributed by atoms with Gasteiger partial charge in [0.25, 0.3) is 0 Å². The smallest absolute Gasteiger partial charge is 0.0346 e. The van der Waals surface area contributed by atoms with E-state index in [4.69, 9.17) is 5.73 Å². The van der Waals surface area contributed by atoms with Gasteiger partial charge in [-0.15, -0.1) is 0 Å². The van der Waals surface area contributed by atoms with Crippen molar-refractivity contribution in [3.8, 4) is 0 Å². The Morgan fingerprint density at radius 2 is 2.05 bits per heavy atom. The van der Waals surface area contributed by atoms with Gasteiger partial charge in [-0.2, -0.15) is 0 Å². The highest BCUT2D eigenvalue weighted by atomic mass is 14.6. The van der Waals surface area contributed by atoms with Crippen LogP contribution < -0.4 is 5.73 Å². The molecule has 1 aromatic carbocycles. The number of pyridine rings is 1. The second-order valence-corrected chi connectivity index (χ2v) is 5.78. The zero-order valence-electron chi connectivity index (χ0n) is 11.4. The normalized spacial score (nSPS) is 17.9. The summed E-state index contributed by atoms with van der Waals surface area (Å²) in [4.78, 5) is 4.18. The van der Waals surface area contributed by atoms with Gasteiger partial charge in [0, 0.05) is 23.8 Å². The molecule has 0 saturated heterocycles. The van der Waals surface area contributed by atoms with E-state index in [0.29, 0.717) is 0 Å². The fraction of sp³-hybridized carbons (Fsp3) is 0.471. The minimum atomic E-state index is 0.159. The molecule has 0 radical (unpaired) electrons. The lowest BCUT2D eigenvalue weighted by Gasteiger charge is -2.17. The van der Waals surface area contributed by atoms with E-state index in [1.165, 1.54) is 48.4 Å². The molecular formula is C17H22N2. The van der Waals surface area contributed by atoms with E-state index in [2.05, 4.69) is 29.2 Å². The zero-order valence-corrected chi connectivity index (χ0v) is 11.4. The quantitative estimate of drug-likeness (QED) is 0.887. The minimum Gasteiger partial charge on any atom is -0.324 e. The number of hydrogen-bond donors (Lipinski definition) is 1. The maximum absolute atomic E-state index is 6.42. The summed E-state index contributed by atoms with van der Waals surface area (Å²) in [6, 6.07) is 8.61. The van der Waals surface area contributed by atoms with Crippen LogP contribution in [0.3, 0.4) is 0 Å². The molecule has 1 aromatic heterocycles. The van der Waals surface area contributed by atoms with E-state index >= 15 is 0 Å². The van der Waals surface area contributed by atoms with Crippen LogP contribution in [0, 0.1) is 5.92 Å². The number of benzene rings is 1. The molecule has 1 saturated carbocycles. The first kappa shape index (κ1) is 12.6. The third kappa shape index (κ3) is 2.79. The van der Waals surface area contributed by atoms with Gasteiger partial charge in [0.1, 0.15) is 0 Å². The van der Waals surface area contributed by atoms with Crippen LogP contribution in [0.1, 0.15) is 50.1 Å². The Morgan fingerprint density at radius 3 is 2.89 bits per heavy atom. The molecule has 2 heteroatoms. The van der Waals surface area contributed by atoms with Gasteiger partial charge in [0.05, 0.1) is 0 Å². The second kappa shape index (κ2) is 5.70. The van der Waals surface area contributed by atoms with Crippen LogP contribution >= 0.6 is 0 Å². The maximum atomic E-state index is 6.42. The highest BCUT2D eigenvalue weighted by molar-refractivity contribution is 5.85. The molecule has 1 unspecified atom stereocenters. The highest BCUT2D eigenvalue weighted by Crippen LogP contribution is 2.32. The molecule has 1 fully saturated rings. The van der Waals surface area contributed by atoms with E-state index in [1.54, 1.807) is 0 Å². The summed E-state index contributed by atoms with van der Waals surface area (Å²) in [5.74, 6) is 0.919. The van der Waals surface area contributed by atoms with Gasteiger partial charge >= 0.3 is 0 Å². The first-order chi connectivity index (χ1) is 9.34. The third-order valence-corrected chi connectivity index (χ3v) is 4.47. The summed E-state index contributed by atoms with van der Waals surface area (Å²) < 4.78 is 0. The first-order valence-electron chi connectivity index (χ1n) is 7.43. The summed E-state index contributed by atoms with van der Waals surface area (Å²) in [7, 11) is 0. The van der Waals surface area contributed by atoms with Gasteiger partial charge in [0.15, 0.2) is 0 Å². The van der Waals surface area contributed by atoms with Gasteiger partial charge in [-0.25, -0.2) is 0 Å². The highest BCUT2D eigenvalue weighted by Gasteiger charge is 2.17. The van der Waals surface area contributed by atoms with Gasteiger partial charge in [-0.1, -0.05) is 43.9 Å². The van der Waals surface area contributed by atoms with Crippen LogP contribution in [0.25, 0.3) is 10.8 Å². The molecule has 19 heavy (non-hydrogen) atoms. The van der Waals surface area contributed by atoms with Crippen molar-refractivity contribution >= 4 is 10.8 Å². The summed E-state index contributed by atoms with van der Waals surface area (Å²) in [6.07, 6.45) is 11.8. The van der Waals surface area contributed by atoms with Crippen LogP contribution in [0.15, 0.2) is 36.7 Å². The lowest BCUT2D eigenvalue weighted by molar-refractivity contribution is 0.455. The summed E-state index contributed by atoms with van der Waals surface area (Å²) >= 11 is 0. The van der Waals surface area contributed by atoms with E-state index in [0.717, 1.165) is 12.3 Å². The third-order valence-electron chi connectivity index (χ3n) is 4.47.